The molecule has 3 heterocycles. The predicted molar refractivity (Wildman–Crippen MR) is 91.6 cm³/mol. The Bertz CT molecular complexity index is 601. The van der Waals surface area contributed by atoms with Gasteiger partial charge in [-0.05, 0) is 49.7 Å². The van der Waals surface area contributed by atoms with Crippen molar-refractivity contribution in [1.82, 2.24) is 4.90 Å². The summed E-state index contributed by atoms with van der Waals surface area (Å²) in [5, 5.41) is 9.81. The molecule has 1 unspecified atom stereocenters. The fraction of sp³-hybridized carbons (Fsp3) is 0.684. The third kappa shape index (κ3) is 2.54. The molecule has 5 rings (SSSR count). The Morgan fingerprint density at radius 2 is 1.67 bits per heavy atom. The van der Waals surface area contributed by atoms with Gasteiger partial charge in [0.05, 0.1) is 6.10 Å². The molecule has 0 aromatic heterocycles. The number of likely N-dealkylation sites (tertiary alicyclic amines) is 1. The average Bonchev–Trinajstić information content (AvgIpc) is 3.28. The number of aliphatic hydroxyl groups is 1. The largest absolute Gasteiger partial charge is 0.454 e. The van der Waals surface area contributed by atoms with Gasteiger partial charge in [-0.1, -0.05) is 0 Å². The molecule has 1 aliphatic carbocycles. The van der Waals surface area contributed by atoms with Crippen LogP contribution in [0.1, 0.15) is 25.7 Å². The summed E-state index contributed by atoms with van der Waals surface area (Å²) in [6, 6.07) is 7.01. The van der Waals surface area contributed by atoms with Gasteiger partial charge in [0.1, 0.15) is 0 Å². The van der Waals surface area contributed by atoms with Crippen molar-refractivity contribution >= 4 is 5.69 Å². The van der Waals surface area contributed by atoms with E-state index in [1.54, 1.807) is 0 Å². The van der Waals surface area contributed by atoms with Crippen LogP contribution in [0.2, 0.25) is 0 Å². The van der Waals surface area contributed by atoms with Gasteiger partial charge in [-0.25, -0.2) is 0 Å². The summed E-state index contributed by atoms with van der Waals surface area (Å²) in [4.78, 5) is 5.18. The molecule has 1 N–H and O–H groups in total. The molecule has 3 fully saturated rings. The first-order valence-corrected chi connectivity index (χ1v) is 9.33. The van der Waals surface area contributed by atoms with Gasteiger partial charge in [0, 0.05) is 44.0 Å². The third-order valence-electron chi connectivity index (χ3n) is 6.46. The minimum atomic E-state index is -0.0324. The van der Waals surface area contributed by atoms with Crippen molar-refractivity contribution in [3.8, 4) is 11.5 Å². The zero-order chi connectivity index (χ0) is 16.1. The fourth-order valence-corrected chi connectivity index (χ4v) is 5.17. The Labute approximate surface area is 143 Å². The summed E-state index contributed by atoms with van der Waals surface area (Å²) >= 11 is 0. The van der Waals surface area contributed by atoms with Crippen LogP contribution in [0.3, 0.4) is 0 Å². The van der Waals surface area contributed by atoms with Crippen LogP contribution < -0.4 is 14.4 Å². The van der Waals surface area contributed by atoms with Crippen molar-refractivity contribution in [3.05, 3.63) is 18.2 Å². The molecule has 130 valence electrons. The minimum Gasteiger partial charge on any atom is -0.454 e. The molecule has 5 heteroatoms. The number of rotatable bonds is 2. The molecule has 3 atom stereocenters. The van der Waals surface area contributed by atoms with E-state index in [4.69, 9.17) is 9.47 Å². The highest BCUT2D eigenvalue weighted by Crippen LogP contribution is 2.40. The third-order valence-corrected chi connectivity index (χ3v) is 6.46. The molecule has 2 saturated heterocycles. The van der Waals surface area contributed by atoms with Gasteiger partial charge in [-0.2, -0.15) is 0 Å². The number of benzene rings is 1. The lowest BCUT2D eigenvalue weighted by Gasteiger charge is -2.38. The van der Waals surface area contributed by atoms with E-state index in [1.807, 2.05) is 6.07 Å². The second-order valence-corrected chi connectivity index (χ2v) is 7.86. The van der Waals surface area contributed by atoms with Gasteiger partial charge in [0.15, 0.2) is 11.5 Å². The minimum absolute atomic E-state index is 0.0324. The maximum atomic E-state index is 9.81. The van der Waals surface area contributed by atoms with Crippen molar-refractivity contribution in [3.63, 3.8) is 0 Å². The molecule has 5 nitrogen and oxygen atoms in total. The highest BCUT2D eigenvalue weighted by molar-refractivity contribution is 5.57. The van der Waals surface area contributed by atoms with Crippen LogP contribution in [0.15, 0.2) is 18.2 Å². The number of hydrogen-bond acceptors (Lipinski definition) is 5. The van der Waals surface area contributed by atoms with Crippen LogP contribution >= 0.6 is 0 Å². The van der Waals surface area contributed by atoms with Crippen LogP contribution in [-0.4, -0.2) is 55.1 Å². The van der Waals surface area contributed by atoms with Crippen LogP contribution in [-0.2, 0) is 0 Å². The van der Waals surface area contributed by atoms with Crippen molar-refractivity contribution in [2.24, 2.45) is 11.8 Å². The summed E-state index contributed by atoms with van der Waals surface area (Å²) < 4.78 is 10.9. The van der Waals surface area contributed by atoms with Crippen molar-refractivity contribution < 1.29 is 14.6 Å². The van der Waals surface area contributed by atoms with Crippen LogP contribution in [0.5, 0.6) is 11.5 Å². The molecular weight excluding hydrogens is 304 g/mol. The van der Waals surface area contributed by atoms with E-state index >= 15 is 0 Å². The van der Waals surface area contributed by atoms with Crippen LogP contribution in [0.4, 0.5) is 5.69 Å². The molecule has 1 aromatic carbocycles. The Morgan fingerprint density at radius 3 is 2.42 bits per heavy atom. The molecule has 4 aliphatic rings. The first kappa shape index (κ1) is 14.8. The van der Waals surface area contributed by atoms with Gasteiger partial charge >= 0.3 is 0 Å². The lowest BCUT2D eigenvalue weighted by Crippen LogP contribution is -2.44. The topological polar surface area (TPSA) is 45.2 Å². The molecule has 0 radical (unpaired) electrons. The maximum Gasteiger partial charge on any atom is 0.231 e. The van der Waals surface area contributed by atoms with E-state index in [9.17, 15) is 5.11 Å². The number of hydrogen-bond donors (Lipinski definition) is 1. The lowest BCUT2D eigenvalue weighted by molar-refractivity contribution is 0.144. The number of anilines is 1. The number of aliphatic hydroxyl groups excluding tert-OH is 1. The number of piperidine rings is 1. The van der Waals surface area contributed by atoms with Crippen molar-refractivity contribution in [2.45, 2.75) is 37.8 Å². The summed E-state index contributed by atoms with van der Waals surface area (Å²) in [6.07, 6.45) is 4.48. The monoisotopic (exact) mass is 330 g/mol. The highest BCUT2D eigenvalue weighted by Gasteiger charge is 2.42. The van der Waals surface area contributed by atoms with E-state index in [0.717, 1.165) is 55.3 Å². The Morgan fingerprint density at radius 1 is 0.958 bits per heavy atom. The Kier molecular flexibility index (Phi) is 3.60. The quantitative estimate of drug-likeness (QED) is 0.900. The number of nitrogens with zero attached hydrogens (tertiary/aromatic N) is 2. The van der Waals surface area contributed by atoms with E-state index in [1.165, 1.54) is 31.6 Å². The van der Waals surface area contributed by atoms with Gasteiger partial charge in [-0.3, -0.25) is 4.90 Å². The zero-order valence-electron chi connectivity index (χ0n) is 14.1. The predicted octanol–water partition coefficient (Wildman–Crippen LogP) is 2.09. The molecule has 0 amide bonds. The van der Waals surface area contributed by atoms with E-state index in [2.05, 4.69) is 21.9 Å². The summed E-state index contributed by atoms with van der Waals surface area (Å²) in [5.41, 5.74) is 1.25. The standard InChI is InChI=1S/C19H26N2O3/c22-17-7-13-10-21(11-14(13)8-17)15-3-5-20(6-4-15)16-1-2-18-19(9-16)24-12-23-18/h1-2,9,13-15,17,22H,3-8,10-12H2/t13-,14+,17?. The number of fused-ring (bicyclic) bond motifs is 2. The Hall–Kier alpha value is -1.46. The van der Waals surface area contributed by atoms with E-state index < -0.39 is 0 Å². The molecule has 24 heavy (non-hydrogen) atoms. The van der Waals surface area contributed by atoms with Gasteiger partial charge < -0.3 is 19.5 Å². The first-order valence-electron chi connectivity index (χ1n) is 9.33. The van der Waals surface area contributed by atoms with Crippen molar-refractivity contribution in [2.75, 3.05) is 37.9 Å². The summed E-state index contributed by atoms with van der Waals surface area (Å²) in [5.74, 6) is 3.22. The second kappa shape index (κ2) is 5.81. The summed E-state index contributed by atoms with van der Waals surface area (Å²) in [7, 11) is 0. The fourth-order valence-electron chi connectivity index (χ4n) is 5.17. The van der Waals surface area contributed by atoms with Gasteiger partial charge in [-0.15, -0.1) is 0 Å². The van der Waals surface area contributed by atoms with Crippen LogP contribution in [0, 0.1) is 11.8 Å². The maximum absolute atomic E-state index is 9.81. The second-order valence-electron chi connectivity index (χ2n) is 7.86. The molecule has 3 aliphatic heterocycles. The smallest absolute Gasteiger partial charge is 0.231 e. The van der Waals surface area contributed by atoms with Gasteiger partial charge in [0.25, 0.3) is 0 Å². The molecule has 0 bridgehead atoms. The van der Waals surface area contributed by atoms with Gasteiger partial charge in [0.2, 0.25) is 6.79 Å². The zero-order valence-corrected chi connectivity index (χ0v) is 14.1. The van der Waals surface area contributed by atoms with E-state index in [0.29, 0.717) is 6.79 Å². The molecule has 1 aromatic rings. The average molecular weight is 330 g/mol. The first-order chi connectivity index (χ1) is 11.8. The highest BCUT2D eigenvalue weighted by atomic mass is 16.7. The normalized spacial score (nSPS) is 33.2. The van der Waals surface area contributed by atoms with E-state index in [-0.39, 0.29) is 6.10 Å². The van der Waals surface area contributed by atoms with Crippen molar-refractivity contribution in [1.29, 1.82) is 0 Å². The number of ether oxygens (including phenoxy) is 2. The molecular formula is C19H26N2O3. The summed E-state index contributed by atoms with van der Waals surface area (Å²) in [6.45, 7) is 4.97. The lowest BCUT2D eigenvalue weighted by atomic mass is 10.0. The SMILES string of the molecule is OC1C[C@@H]2CN(C3CCN(c4ccc5c(c4)OCO5)CC3)C[C@@H]2C1. The molecule has 0 spiro atoms. The molecule has 1 saturated carbocycles. The van der Waals surface area contributed by atoms with Crippen LogP contribution in [0.25, 0.3) is 0 Å². The Balaban J connectivity index is 1.19.